The van der Waals surface area contributed by atoms with Crippen molar-refractivity contribution in [2.45, 2.75) is 63.3 Å². The SMILES string of the molecule is CC1CCCC1(O)C1(C#N)CC2CCC1O2. The van der Waals surface area contributed by atoms with Crippen LogP contribution in [0.1, 0.15) is 45.4 Å². The number of hydrogen-bond acceptors (Lipinski definition) is 3. The van der Waals surface area contributed by atoms with Crippen LogP contribution in [0.25, 0.3) is 0 Å². The van der Waals surface area contributed by atoms with Gasteiger partial charge in [-0.25, -0.2) is 0 Å². The van der Waals surface area contributed by atoms with E-state index in [9.17, 15) is 10.4 Å². The third-order valence-corrected chi connectivity index (χ3v) is 5.19. The van der Waals surface area contributed by atoms with Crippen molar-refractivity contribution in [2.75, 3.05) is 0 Å². The highest BCUT2D eigenvalue weighted by atomic mass is 16.5. The minimum absolute atomic E-state index is 0.0203. The average molecular weight is 221 g/mol. The highest BCUT2D eigenvalue weighted by Gasteiger charge is 2.65. The molecule has 3 heteroatoms. The summed E-state index contributed by atoms with van der Waals surface area (Å²) in [7, 11) is 0. The van der Waals surface area contributed by atoms with Crippen molar-refractivity contribution in [2.24, 2.45) is 11.3 Å². The molecule has 0 aromatic heterocycles. The van der Waals surface area contributed by atoms with Gasteiger partial charge in [0, 0.05) is 0 Å². The van der Waals surface area contributed by atoms with E-state index in [1.165, 1.54) is 0 Å². The number of nitrogens with zero attached hydrogens (tertiary/aromatic N) is 1. The summed E-state index contributed by atoms with van der Waals surface area (Å²) in [5, 5.41) is 20.5. The summed E-state index contributed by atoms with van der Waals surface area (Å²) >= 11 is 0. The summed E-state index contributed by atoms with van der Waals surface area (Å²) in [6, 6.07) is 2.45. The second-order valence-corrected chi connectivity index (χ2v) is 5.83. The summed E-state index contributed by atoms with van der Waals surface area (Å²) < 4.78 is 5.82. The van der Waals surface area contributed by atoms with E-state index in [1.807, 2.05) is 0 Å². The van der Waals surface area contributed by atoms with E-state index in [0.717, 1.165) is 38.5 Å². The maximum absolute atomic E-state index is 10.9. The van der Waals surface area contributed by atoms with E-state index >= 15 is 0 Å². The van der Waals surface area contributed by atoms with Crippen LogP contribution in [0.2, 0.25) is 0 Å². The van der Waals surface area contributed by atoms with Gasteiger partial charge >= 0.3 is 0 Å². The molecule has 2 saturated heterocycles. The Kier molecular flexibility index (Phi) is 2.12. The Morgan fingerprint density at radius 2 is 2.19 bits per heavy atom. The van der Waals surface area contributed by atoms with Crippen molar-refractivity contribution in [3.8, 4) is 6.07 Å². The normalized spacial score (nSPS) is 55.4. The van der Waals surface area contributed by atoms with Crippen LogP contribution < -0.4 is 0 Å². The molecular weight excluding hydrogens is 202 g/mol. The second-order valence-electron chi connectivity index (χ2n) is 5.83. The summed E-state index contributed by atoms with van der Waals surface area (Å²) in [5.74, 6) is 0.232. The highest BCUT2D eigenvalue weighted by molar-refractivity contribution is 5.23. The zero-order valence-corrected chi connectivity index (χ0v) is 9.78. The molecule has 5 unspecified atom stereocenters. The molecule has 1 aliphatic carbocycles. The fourth-order valence-corrected chi connectivity index (χ4v) is 4.20. The van der Waals surface area contributed by atoms with E-state index < -0.39 is 11.0 Å². The standard InChI is InChI=1S/C13H19NO2/c1-9-3-2-6-13(9,15)12(8-14)7-10-4-5-11(12)16-10/h9-11,15H,2-7H2,1H3. The van der Waals surface area contributed by atoms with Crippen molar-refractivity contribution in [3.05, 3.63) is 0 Å². The van der Waals surface area contributed by atoms with Gasteiger partial charge in [-0.3, -0.25) is 0 Å². The molecule has 16 heavy (non-hydrogen) atoms. The minimum Gasteiger partial charge on any atom is -0.388 e. The third-order valence-electron chi connectivity index (χ3n) is 5.19. The van der Waals surface area contributed by atoms with Gasteiger partial charge in [0.15, 0.2) is 0 Å². The third kappa shape index (κ3) is 1.05. The Labute approximate surface area is 96.4 Å². The molecule has 2 aliphatic heterocycles. The molecule has 2 bridgehead atoms. The minimum atomic E-state index is -0.804. The number of hydrogen-bond donors (Lipinski definition) is 1. The van der Waals surface area contributed by atoms with Gasteiger partial charge in [0.25, 0.3) is 0 Å². The van der Waals surface area contributed by atoms with Crippen LogP contribution in [0.4, 0.5) is 0 Å². The Bertz CT molecular complexity index is 350. The number of aliphatic hydroxyl groups is 1. The van der Waals surface area contributed by atoms with Crippen LogP contribution in [-0.4, -0.2) is 22.9 Å². The number of ether oxygens (including phenoxy) is 1. The van der Waals surface area contributed by atoms with Crippen molar-refractivity contribution < 1.29 is 9.84 Å². The molecule has 3 rings (SSSR count). The summed E-state index contributed by atoms with van der Waals surface area (Å²) in [4.78, 5) is 0. The average Bonchev–Trinajstić information content (AvgIpc) is 2.95. The van der Waals surface area contributed by atoms with E-state index in [0.29, 0.717) is 0 Å². The molecule has 0 amide bonds. The first-order chi connectivity index (χ1) is 7.62. The van der Waals surface area contributed by atoms with Gasteiger partial charge in [-0.15, -0.1) is 0 Å². The molecule has 3 nitrogen and oxygen atoms in total. The first kappa shape index (κ1) is 10.6. The largest absolute Gasteiger partial charge is 0.388 e. The van der Waals surface area contributed by atoms with Crippen LogP contribution >= 0.6 is 0 Å². The fourth-order valence-electron chi connectivity index (χ4n) is 4.20. The van der Waals surface area contributed by atoms with Crippen LogP contribution in [0, 0.1) is 22.7 Å². The predicted molar refractivity (Wildman–Crippen MR) is 58.5 cm³/mol. The lowest BCUT2D eigenvalue weighted by Crippen LogP contribution is -2.54. The van der Waals surface area contributed by atoms with Crippen LogP contribution in [0.3, 0.4) is 0 Å². The maximum Gasteiger partial charge on any atom is 0.115 e. The van der Waals surface area contributed by atoms with E-state index in [4.69, 9.17) is 4.74 Å². The Morgan fingerprint density at radius 3 is 2.62 bits per heavy atom. The molecule has 0 spiro atoms. The molecule has 3 fully saturated rings. The molecule has 1 saturated carbocycles. The molecule has 0 aromatic rings. The van der Waals surface area contributed by atoms with Gasteiger partial charge in [0.2, 0.25) is 0 Å². The molecular formula is C13H19NO2. The van der Waals surface area contributed by atoms with E-state index in [2.05, 4.69) is 13.0 Å². The summed E-state index contributed by atoms with van der Waals surface area (Å²) in [6.45, 7) is 2.08. The fraction of sp³-hybridized carbons (Fsp3) is 0.923. The van der Waals surface area contributed by atoms with Gasteiger partial charge in [0.1, 0.15) is 5.41 Å². The van der Waals surface area contributed by atoms with Gasteiger partial charge in [0.05, 0.1) is 23.9 Å². The monoisotopic (exact) mass is 221 g/mol. The van der Waals surface area contributed by atoms with Crippen LogP contribution in [0.15, 0.2) is 0 Å². The van der Waals surface area contributed by atoms with Gasteiger partial charge in [-0.2, -0.15) is 5.26 Å². The Balaban J connectivity index is 2.00. The predicted octanol–water partition coefficient (Wildman–Crippen LogP) is 2.00. The van der Waals surface area contributed by atoms with E-state index in [1.54, 1.807) is 0 Å². The topological polar surface area (TPSA) is 53.2 Å². The molecule has 0 radical (unpaired) electrons. The zero-order chi connectivity index (χ0) is 11.4. The van der Waals surface area contributed by atoms with Crippen molar-refractivity contribution >= 4 is 0 Å². The molecule has 5 atom stereocenters. The van der Waals surface area contributed by atoms with Gasteiger partial charge in [-0.1, -0.05) is 13.3 Å². The number of rotatable bonds is 1. The maximum atomic E-state index is 10.9. The van der Waals surface area contributed by atoms with Crippen LogP contribution in [0.5, 0.6) is 0 Å². The lowest BCUT2D eigenvalue weighted by molar-refractivity contribution is -0.106. The molecule has 88 valence electrons. The van der Waals surface area contributed by atoms with E-state index in [-0.39, 0.29) is 18.1 Å². The molecule has 1 N–H and O–H groups in total. The molecule has 0 aromatic carbocycles. The van der Waals surface area contributed by atoms with Crippen LogP contribution in [-0.2, 0) is 4.74 Å². The van der Waals surface area contributed by atoms with Gasteiger partial charge < -0.3 is 9.84 Å². The quantitative estimate of drug-likeness (QED) is 0.736. The first-order valence-electron chi connectivity index (χ1n) is 6.41. The first-order valence-corrected chi connectivity index (χ1v) is 6.41. The lowest BCUT2D eigenvalue weighted by atomic mass is 9.60. The highest BCUT2D eigenvalue weighted by Crippen LogP contribution is 2.59. The Hall–Kier alpha value is -0.590. The van der Waals surface area contributed by atoms with Crippen molar-refractivity contribution in [3.63, 3.8) is 0 Å². The van der Waals surface area contributed by atoms with Crippen molar-refractivity contribution in [1.29, 1.82) is 5.26 Å². The number of nitriles is 1. The zero-order valence-electron chi connectivity index (χ0n) is 9.78. The smallest absolute Gasteiger partial charge is 0.115 e. The lowest BCUT2D eigenvalue weighted by Gasteiger charge is -2.44. The van der Waals surface area contributed by atoms with Gasteiger partial charge in [-0.05, 0) is 38.0 Å². The summed E-state index contributed by atoms with van der Waals surface area (Å²) in [6.07, 6.45) is 5.82. The molecule has 2 heterocycles. The van der Waals surface area contributed by atoms with Crippen molar-refractivity contribution in [1.82, 2.24) is 0 Å². The summed E-state index contributed by atoms with van der Waals surface area (Å²) in [5.41, 5.74) is -1.42. The molecule has 3 aliphatic rings. The second kappa shape index (κ2) is 3.21. The Morgan fingerprint density at radius 1 is 1.38 bits per heavy atom. The number of fused-ring (bicyclic) bond motifs is 2.